The summed E-state index contributed by atoms with van der Waals surface area (Å²) in [6, 6.07) is 6.29. The van der Waals surface area contributed by atoms with Gasteiger partial charge in [0.05, 0.1) is 0 Å². The molecule has 15 heavy (non-hydrogen) atoms. The first kappa shape index (κ1) is 10.7. The van der Waals surface area contributed by atoms with E-state index in [4.69, 9.17) is 0 Å². The summed E-state index contributed by atoms with van der Waals surface area (Å²) in [4.78, 5) is 0. The van der Waals surface area contributed by atoms with E-state index in [1.54, 1.807) is 0 Å². The predicted octanol–water partition coefficient (Wildman–Crippen LogP) is 1.87. The molecule has 2 heteroatoms. The van der Waals surface area contributed by atoms with Gasteiger partial charge in [-0.15, -0.1) is 0 Å². The minimum absolute atomic E-state index is 0.657. The third-order valence-corrected chi connectivity index (χ3v) is 3.24. The summed E-state index contributed by atoms with van der Waals surface area (Å²) in [6.07, 6.45) is 1.91. The van der Waals surface area contributed by atoms with Gasteiger partial charge in [0, 0.05) is 6.54 Å². The molecule has 2 N–H and O–H groups in total. The topological polar surface area (TPSA) is 32.3 Å². The van der Waals surface area contributed by atoms with Crippen molar-refractivity contribution in [3.63, 3.8) is 0 Å². The highest BCUT2D eigenvalue weighted by molar-refractivity contribution is 5.35. The average molecular weight is 205 g/mol. The van der Waals surface area contributed by atoms with E-state index in [-0.39, 0.29) is 0 Å². The van der Waals surface area contributed by atoms with Crippen molar-refractivity contribution >= 4 is 0 Å². The molecule has 1 heterocycles. The molecule has 1 aromatic rings. The van der Waals surface area contributed by atoms with Gasteiger partial charge in [0.25, 0.3) is 0 Å². The van der Waals surface area contributed by atoms with Crippen molar-refractivity contribution in [1.82, 2.24) is 5.32 Å². The summed E-state index contributed by atoms with van der Waals surface area (Å²) in [5, 5.41) is 13.8. The fraction of sp³-hybridized carbons (Fsp3) is 0.538. The number of β-amino-alcohol motifs (C(OH)–C–C–N with tert-alkyl or cyclic N) is 1. The molecule has 82 valence electrons. The first-order valence-electron chi connectivity index (χ1n) is 5.63. The van der Waals surface area contributed by atoms with Crippen molar-refractivity contribution in [3.05, 3.63) is 34.9 Å². The standard InChI is InChI=1S/C13H19NO/c1-10-4-5-12(11(2)8-10)13(15)6-3-7-14-9-13/h4-5,8,14-15H,3,6-7,9H2,1-2H3/t13-/m1/s1. The van der Waals surface area contributed by atoms with Gasteiger partial charge in [-0.25, -0.2) is 0 Å². The molecule has 1 aliphatic rings. The third kappa shape index (κ3) is 2.06. The summed E-state index contributed by atoms with van der Waals surface area (Å²) in [5.41, 5.74) is 2.88. The Morgan fingerprint density at radius 1 is 1.33 bits per heavy atom. The number of hydrogen-bond donors (Lipinski definition) is 2. The Labute approximate surface area is 91.3 Å². The van der Waals surface area contributed by atoms with E-state index in [9.17, 15) is 5.11 Å². The zero-order valence-electron chi connectivity index (χ0n) is 9.51. The number of benzene rings is 1. The maximum atomic E-state index is 10.6. The summed E-state index contributed by atoms with van der Waals surface area (Å²) in [6.45, 7) is 5.86. The summed E-state index contributed by atoms with van der Waals surface area (Å²) in [7, 11) is 0. The molecule has 1 aromatic carbocycles. The lowest BCUT2D eigenvalue weighted by molar-refractivity contribution is 0.0117. The first-order valence-corrected chi connectivity index (χ1v) is 5.63. The van der Waals surface area contributed by atoms with Crippen molar-refractivity contribution in [2.24, 2.45) is 0 Å². The van der Waals surface area contributed by atoms with Crippen LogP contribution in [0.2, 0.25) is 0 Å². The minimum atomic E-state index is -0.657. The molecule has 1 fully saturated rings. The van der Waals surface area contributed by atoms with Gasteiger partial charge in [-0.3, -0.25) is 0 Å². The zero-order chi connectivity index (χ0) is 10.9. The molecule has 0 saturated carbocycles. The minimum Gasteiger partial charge on any atom is -0.384 e. The summed E-state index contributed by atoms with van der Waals surface area (Å²) in [5.74, 6) is 0. The molecule has 2 rings (SSSR count). The molecule has 0 radical (unpaired) electrons. The van der Waals surface area contributed by atoms with Crippen LogP contribution < -0.4 is 5.32 Å². The molecule has 0 aromatic heterocycles. The number of piperidine rings is 1. The van der Waals surface area contributed by atoms with Crippen molar-refractivity contribution in [2.75, 3.05) is 13.1 Å². The molecule has 0 aliphatic carbocycles. The Kier molecular flexibility index (Phi) is 2.81. The lowest BCUT2D eigenvalue weighted by Gasteiger charge is -2.34. The lowest BCUT2D eigenvalue weighted by Crippen LogP contribution is -2.43. The predicted molar refractivity (Wildman–Crippen MR) is 61.9 cm³/mol. The van der Waals surface area contributed by atoms with Crippen molar-refractivity contribution in [3.8, 4) is 0 Å². The number of aliphatic hydroxyl groups is 1. The Hall–Kier alpha value is -0.860. The maximum Gasteiger partial charge on any atom is 0.102 e. The van der Waals surface area contributed by atoms with Crippen LogP contribution in [0.5, 0.6) is 0 Å². The second-order valence-corrected chi connectivity index (χ2v) is 4.63. The summed E-state index contributed by atoms with van der Waals surface area (Å²) < 4.78 is 0. The van der Waals surface area contributed by atoms with Crippen LogP contribution in [-0.4, -0.2) is 18.2 Å². The molecular formula is C13H19NO. The van der Waals surface area contributed by atoms with Crippen LogP contribution in [0, 0.1) is 13.8 Å². The van der Waals surface area contributed by atoms with E-state index >= 15 is 0 Å². The monoisotopic (exact) mass is 205 g/mol. The molecule has 0 amide bonds. The van der Waals surface area contributed by atoms with Crippen LogP contribution in [0.25, 0.3) is 0 Å². The molecular weight excluding hydrogens is 186 g/mol. The molecule has 1 saturated heterocycles. The Morgan fingerprint density at radius 3 is 2.73 bits per heavy atom. The Balaban J connectivity index is 2.35. The van der Waals surface area contributed by atoms with E-state index in [1.165, 1.54) is 11.1 Å². The molecule has 0 spiro atoms. The van der Waals surface area contributed by atoms with Crippen LogP contribution in [0.4, 0.5) is 0 Å². The number of hydrogen-bond acceptors (Lipinski definition) is 2. The van der Waals surface area contributed by atoms with E-state index in [1.807, 2.05) is 0 Å². The normalized spacial score (nSPS) is 26.6. The first-order chi connectivity index (χ1) is 7.12. The Bertz CT molecular complexity index is 354. The van der Waals surface area contributed by atoms with Gasteiger partial charge in [-0.2, -0.15) is 0 Å². The van der Waals surface area contributed by atoms with Gasteiger partial charge >= 0.3 is 0 Å². The van der Waals surface area contributed by atoms with Crippen molar-refractivity contribution < 1.29 is 5.11 Å². The van der Waals surface area contributed by atoms with Gasteiger partial charge < -0.3 is 10.4 Å². The third-order valence-electron chi connectivity index (χ3n) is 3.24. The molecule has 2 nitrogen and oxygen atoms in total. The fourth-order valence-corrected chi connectivity index (χ4v) is 2.46. The largest absolute Gasteiger partial charge is 0.384 e. The summed E-state index contributed by atoms with van der Waals surface area (Å²) >= 11 is 0. The van der Waals surface area contributed by atoms with Gasteiger partial charge in [0.15, 0.2) is 0 Å². The van der Waals surface area contributed by atoms with Gasteiger partial charge in [-0.05, 0) is 44.4 Å². The van der Waals surface area contributed by atoms with E-state index in [2.05, 4.69) is 37.4 Å². The molecule has 1 aliphatic heterocycles. The second kappa shape index (κ2) is 3.95. The fourth-order valence-electron chi connectivity index (χ4n) is 2.46. The quantitative estimate of drug-likeness (QED) is 0.733. The van der Waals surface area contributed by atoms with Crippen molar-refractivity contribution in [1.29, 1.82) is 0 Å². The molecule has 1 atom stereocenters. The SMILES string of the molecule is Cc1ccc([C@@]2(O)CCCNC2)c(C)c1. The number of rotatable bonds is 1. The van der Waals surface area contributed by atoms with Crippen LogP contribution in [-0.2, 0) is 5.60 Å². The second-order valence-electron chi connectivity index (χ2n) is 4.63. The highest BCUT2D eigenvalue weighted by Crippen LogP contribution is 2.30. The van der Waals surface area contributed by atoms with Gasteiger partial charge in [0.2, 0.25) is 0 Å². The smallest absolute Gasteiger partial charge is 0.102 e. The number of nitrogens with one attached hydrogen (secondary N) is 1. The number of aryl methyl sites for hydroxylation is 2. The van der Waals surface area contributed by atoms with Crippen LogP contribution in [0.1, 0.15) is 29.5 Å². The molecule has 0 unspecified atom stereocenters. The van der Waals surface area contributed by atoms with E-state index in [0.29, 0.717) is 6.54 Å². The van der Waals surface area contributed by atoms with E-state index < -0.39 is 5.60 Å². The Morgan fingerprint density at radius 2 is 2.13 bits per heavy atom. The van der Waals surface area contributed by atoms with Crippen LogP contribution >= 0.6 is 0 Å². The average Bonchev–Trinajstić information content (AvgIpc) is 2.18. The van der Waals surface area contributed by atoms with E-state index in [0.717, 1.165) is 24.9 Å². The highest BCUT2D eigenvalue weighted by Gasteiger charge is 2.32. The van der Waals surface area contributed by atoms with Gasteiger partial charge in [0.1, 0.15) is 5.60 Å². The van der Waals surface area contributed by atoms with Crippen LogP contribution in [0.15, 0.2) is 18.2 Å². The van der Waals surface area contributed by atoms with Crippen molar-refractivity contribution in [2.45, 2.75) is 32.3 Å². The maximum absolute atomic E-state index is 10.6. The zero-order valence-corrected chi connectivity index (χ0v) is 9.51. The molecule has 0 bridgehead atoms. The highest BCUT2D eigenvalue weighted by atomic mass is 16.3. The van der Waals surface area contributed by atoms with Gasteiger partial charge in [-0.1, -0.05) is 23.8 Å². The lowest BCUT2D eigenvalue weighted by atomic mass is 9.84. The van der Waals surface area contributed by atoms with Crippen LogP contribution in [0.3, 0.4) is 0 Å².